The average molecular weight is 623 g/mol. The number of ketones is 1. The van der Waals surface area contributed by atoms with Crippen LogP contribution in [-0.2, 0) is 14.3 Å². The smallest absolute Gasteiger partial charge is 0.339 e. The third-order valence-corrected chi connectivity index (χ3v) is 8.55. The molecule has 0 bridgehead atoms. The molecule has 1 saturated carbocycles. The summed E-state index contributed by atoms with van der Waals surface area (Å²) in [6.07, 6.45) is 15.7. The van der Waals surface area contributed by atoms with Gasteiger partial charge in [-0.25, -0.2) is 9.59 Å². The van der Waals surface area contributed by atoms with E-state index in [1.54, 1.807) is 0 Å². The Hall–Kier alpha value is -2.91. The number of anilines is 1. The van der Waals surface area contributed by atoms with Crippen molar-refractivity contribution in [2.24, 2.45) is 5.41 Å². The maximum absolute atomic E-state index is 13.5. The Balaban J connectivity index is 1.61. The van der Waals surface area contributed by atoms with Gasteiger partial charge < -0.3 is 15.2 Å². The van der Waals surface area contributed by atoms with Crippen LogP contribution >= 0.6 is 23.2 Å². The van der Waals surface area contributed by atoms with Crippen molar-refractivity contribution in [3.05, 3.63) is 45.7 Å². The zero-order chi connectivity index (χ0) is 30.7. The number of hydrogen-bond donors (Lipinski definition) is 2. The highest BCUT2D eigenvalue weighted by molar-refractivity contribution is 6.38. The van der Waals surface area contributed by atoms with Crippen LogP contribution in [0.25, 0.3) is 0 Å². The monoisotopic (exact) mass is 621 g/mol. The van der Waals surface area contributed by atoms with Gasteiger partial charge in [0.15, 0.2) is 11.8 Å². The standard InChI is InChI=1S/C31H41Cl2N3O6/c1-3-5-6-7-8-9-10-11-12-13-16-42-30(41)22-17-25(24(33)18-23(22)32)35-28(38)26(27(37)31(4-2)14-15-31)36-20-21(19-34-36)29(39)40/h17-20,26H,3-16H2,1-2H3,(H,35,38)(H,39,40). The normalized spacial score (nSPS) is 14.3. The van der Waals surface area contributed by atoms with Crippen LogP contribution in [0.1, 0.15) is 124 Å². The number of aromatic nitrogens is 2. The lowest BCUT2D eigenvalue weighted by atomic mass is 9.92. The van der Waals surface area contributed by atoms with Gasteiger partial charge in [0.05, 0.1) is 39.7 Å². The van der Waals surface area contributed by atoms with Crippen molar-refractivity contribution in [2.75, 3.05) is 11.9 Å². The van der Waals surface area contributed by atoms with Gasteiger partial charge in [-0.2, -0.15) is 5.10 Å². The quantitative estimate of drug-likeness (QED) is 0.0926. The molecular formula is C31H41Cl2N3O6. The first kappa shape index (κ1) is 33.6. The molecule has 1 aromatic heterocycles. The highest BCUT2D eigenvalue weighted by Crippen LogP contribution is 2.51. The lowest BCUT2D eigenvalue weighted by molar-refractivity contribution is -0.134. The number of carbonyl (C=O) groups is 4. The third kappa shape index (κ3) is 9.04. The number of ether oxygens (including phenoxy) is 1. The molecule has 42 heavy (non-hydrogen) atoms. The molecule has 1 amide bonds. The molecule has 230 valence electrons. The van der Waals surface area contributed by atoms with Crippen LogP contribution in [0.5, 0.6) is 0 Å². The molecule has 0 radical (unpaired) electrons. The van der Waals surface area contributed by atoms with Crippen LogP contribution in [0, 0.1) is 5.41 Å². The van der Waals surface area contributed by atoms with Crippen LogP contribution in [0.15, 0.2) is 24.5 Å². The van der Waals surface area contributed by atoms with Gasteiger partial charge in [0, 0.05) is 11.6 Å². The molecule has 0 spiro atoms. The molecule has 0 saturated heterocycles. The molecule has 11 heteroatoms. The van der Waals surface area contributed by atoms with Crippen molar-refractivity contribution in [3.63, 3.8) is 0 Å². The van der Waals surface area contributed by atoms with E-state index < -0.39 is 29.3 Å². The minimum Gasteiger partial charge on any atom is -0.478 e. The lowest BCUT2D eigenvalue weighted by Crippen LogP contribution is -2.37. The van der Waals surface area contributed by atoms with E-state index >= 15 is 0 Å². The second kappa shape index (κ2) is 16.1. The molecule has 1 aliphatic rings. The van der Waals surface area contributed by atoms with Crippen molar-refractivity contribution < 1.29 is 29.0 Å². The highest BCUT2D eigenvalue weighted by Gasteiger charge is 2.52. The lowest BCUT2D eigenvalue weighted by Gasteiger charge is -2.21. The number of hydrogen-bond acceptors (Lipinski definition) is 6. The first-order chi connectivity index (χ1) is 20.1. The summed E-state index contributed by atoms with van der Waals surface area (Å²) in [6, 6.07) is 1.24. The number of carbonyl (C=O) groups excluding carboxylic acids is 3. The van der Waals surface area contributed by atoms with Crippen molar-refractivity contribution >= 4 is 52.5 Å². The number of esters is 1. The molecule has 2 N–H and O–H groups in total. The minimum absolute atomic E-state index is 0.0331. The molecule has 1 unspecified atom stereocenters. The SMILES string of the molecule is CCCCCCCCCCCCOC(=O)c1cc(NC(=O)C(C(=O)C2(CC)CC2)n2cc(C(=O)O)cn2)c(Cl)cc1Cl. The number of nitrogens with zero attached hydrogens (tertiary/aromatic N) is 2. The number of carboxylic acid groups (broad SMARTS) is 1. The Kier molecular flexibility index (Phi) is 12.9. The number of halogens is 2. The number of benzene rings is 1. The van der Waals surface area contributed by atoms with Crippen LogP contribution in [-0.4, -0.2) is 45.1 Å². The fraction of sp³-hybridized carbons (Fsp3) is 0.581. The summed E-state index contributed by atoms with van der Waals surface area (Å²) in [4.78, 5) is 51.1. The summed E-state index contributed by atoms with van der Waals surface area (Å²) >= 11 is 12.6. The molecule has 1 fully saturated rings. The first-order valence-corrected chi connectivity index (χ1v) is 15.7. The Morgan fingerprint density at radius 3 is 2.14 bits per heavy atom. The molecule has 0 aliphatic heterocycles. The fourth-order valence-electron chi connectivity index (χ4n) is 5.00. The Bertz CT molecular complexity index is 1260. The molecule has 1 atom stereocenters. The average Bonchev–Trinajstić information content (AvgIpc) is 3.62. The molecule has 1 heterocycles. The zero-order valence-electron chi connectivity index (χ0n) is 24.4. The second-order valence-corrected chi connectivity index (χ2v) is 11.8. The highest BCUT2D eigenvalue weighted by atomic mass is 35.5. The van der Waals surface area contributed by atoms with Crippen molar-refractivity contribution in [1.82, 2.24) is 9.78 Å². The van der Waals surface area contributed by atoms with Crippen molar-refractivity contribution in [2.45, 2.75) is 103 Å². The Morgan fingerprint density at radius 2 is 1.60 bits per heavy atom. The molecule has 1 aromatic carbocycles. The van der Waals surface area contributed by atoms with Gasteiger partial charge >= 0.3 is 11.9 Å². The van der Waals surface area contributed by atoms with Gasteiger partial charge in [0.1, 0.15) is 0 Å². The number of rotatable bonds is 19. The van der Waals surface area contributed by atoms with E-state index in [4.69, 9.17) is 27.9 Å². The summed E-state index contributed by atoms with van der Waals surface area (Å²) in [5, 5.41) is 16.0. The predicted molar refractivity (Wildman–Crippen MR) is 162 cm³/mol. The van der Waals surface area contributed by atoms with E-state index in [0.717, 1.165) is 36.3 Å². The summed E-state index contributed by atoms with van der Waals surface area (Å²) in [6.45, 7) is 4.33. The van der Waals surface area contributed by atoms with Gasteiger partial charge in [-0.05, 0) is 37.8 Å². The number of amides is 1. The number of aromatic carboxylic acids is 1. The molecule has 9 nitrogen and oxygen atoms in total. The Labute approximate surface area is 257 Å². The van der Waals surface area contributed by atoms with Crippen LogP contribution in [0.2, 0.25) is 10.0 Å². The van der Waals surface area contributed by atoms with E-state index in [-0.39, 0.29) is 39.2 Å². The number of nitrogens with one attached hydrogen (secondary N) is 1. The molecule has 2 aromatic rings. The largest absolute Gasteiger partial charge is 0.478 e. The second-order valence-electron chi connectivity index (χ2n) is 11.0. The van der Waals surface area contributed by atoms with Gasteiger partial charge in [-0.1, -0.05) is 94.8 Å². The predicted octanol–water partition coefficient (Wildman–Crippen LogP) is 7.90. The summed E-state index contributed by atoms with van der Waals surface area (Å²) in [5.74, 6) is -2.99. The minimum atomic E-state index is -1.42. The topological polar surface area (TPSA) is 128 Å². The summed E-state index contributed by atoms with van der Waals surface area (Å²) < 4.78 is 6.48. The maximum Gasteiger partial charge on any atom is 0.339 e. The first-order valence-electron chi connectivity index (χ1n) is 14.9. The molecule has 3 rings (SSSR count). The zero-order valence-corrected chi connectivity index (χ0v) is 25.9. The van der Waals surface area contributed by atoms with Gasteiger partial charge in [0.2, 0.25) is 0 Å². The maximum atomic E-state index is 13.5. The third-order valence-electron chi connectivity index (χ3n) is 7.93. The molecule has 1 aliphatic carbocycles. The van der Waals surface area contributed by atoms with Crippen LogP contribution < -0.4 is 5.32 Å². The van der Waals surface area contributed by atoms with E-state index in [0.29, 0.717) is 19.3 Å². The Morgan fingerprint density at radius 1 is 0.976 bits per heavy atom. The van der Waals surface area contributed by atoms with E-state index in [2.05, 4.69) is 17.3 Å². The van der Waals surface area contributed by atoms with E-state index in [1.807, 2.05) is 6.92 Å². The van der Waals surface area contributed by atoms with Gasteiger partial charge in [-0.15, -0.1) is 0 Å². The number of Topliss-reactive ketones (excluding diaryl/α,β-unsaturated/α-hetero) is 1. The van der Waals surface area contributed by atoms with Crippen molar-refractivity contribution in [1.29, 1.82) is 0 Å². The van der Waals surface area contributed by atoms with Crippen LogP contribution in [0.3, 0.4) is 0 Å². The summed E-state index contributed by atoms with van der Waals surface area (Å²) in [5.41, 5.74) is -0.712. The fourth-order valence-corrected chi connectivity index (χ4v) is 5.51. The van der Waals surface area contributed by atoms with E-state index in [1.165, 1.54) is 57.1 Å². The molecular weight excluding hydrogens is 581 g/mol. The number of carboxylic acids is 1. The summed E-state index contributed by atoms with van der Waals surface area (Å²) in [7, 11) is 0. The van der Waals surface area contributed by atoms with Crippen LogP contribution in [0.4, 0.5) is 5.69 Å². The van der Waals surface area contributed by atoms with Gasteiger partial charge in [-0.3, -0.25) is 14.3 Å². The van der Waals surface area contributed by atoms with Gasteiger partial charge in [0.25, 0.3) is 5.91 Å². The van der Waals surface area contributed by atoms with Crippen molar-refractivity contribution in [3.8, 4) is 0 Å². The van der Waals surface area contributed by atoms with E-state index in [9.17, 15) is 24.3 Å². The number of unbranched alkanes of at least 4 members (excludes halogenated alkanes) is 9.